The summed E-state index contributed by atoms with van der Waals surface area (Å²) in [6.45, 7) is 6.09. The number of carbonyl (C=O) groups excluding carboxylic acids is 1. The Morgan fingerprint density at radius 3 is 2.84 bits per heavy atom. The first-order chi connectivity index (χ1) is 15.1. The van der Waals surface area contributed by atoms with Gasteiger partial charge in [-0.3, -0.25) is 9.69 Å². The summed E-state index contributed by atoms with van der Waals surface area (Å²) in [7, 11) is 1.65. The molecule has 4 rings (SSSR count). The Bertz CT molecular complexity index is 990. The number of amides is 1. The van der Waals surface area contributed by atoms with E-state index < -0.39 is 6.04 Å². The molecule has 1 aliphatic heterocycles. The molecule has 3 heterocycles. The fourth-order valence-corrected chi connectivity index (χ4v) is 4.76. The van der Waals surface area contributed by atoms with Crippen LogP contribution in [0.2, 0.25) is 0 Å². The summed E-state index contributed by atoms with van der Waals surface area (Å²) in [6.07, 6.45) is 1.47. The monoisotopic (exact) mass is 440 g/mol. The van der Waals surface area contributed by atoms with Crippen molar-refractivity contribution >= 4 is 17.2 Å². The van der Waals surface area contributed by atoms with Crippen molar-refractivity contribution in [2.75, 3.05) is 33.3 Å². The Morgan fingerprint density at radius 2 is 2.10 bits per heavy atom. The summed E-state index contributed by atoms with van der Waals surface area (Å²) in [5.74, 6) is 1.47. The van der Waals surface area contributed by atoms with Crippen molar-refractivity contribution in [3.05, 3.63) is 58.0 Å². The number of ether oxygens (including phenoxy) is 1. The third kappa shape index (κ3) is 5.29. The molecule has 2 aromatic heterocycles. The largest absolute Gasteiger partial charge is 0.497 e. The van der Waals surface area contributed by atoms with E-state index >= 15 is 0 Å². The van der Waals surface area contributed by atoms with Gasteiger partial charge in [0.05, 0.1) is 7.11 Å². The van der Waals surface area contributed by atoms with E-state index in [-0.39, 0.29) is 5.91 Å². The van der Waals surface area contributed by atoms with E-state index in [1.807, 2.05) is 36.1 Å². The van der Waals surface area contributed by atoms with Crippen LogP contribution >= 0.6 is 11.3 Å². The van der Waals surface area contributed by atoms with Crippen molar-refractivity contribution in [2.24, 2.45) is 0 Å². The number of hydrogen-bond donors (Lipinski definition) is 0. The summed E-state index contributed by atoms with van der Waals surface area (Å²) >= 11 is 1.78. The Balaban J connectivity index is 1.49. The molecular formula is C22H28N6O2S. The standard InChI is InChI=1S/C22H28N6O2S/c1-17-23-24-25-28(17)21(15-18-6-3-7-19(14-18)30-2)22(29)27-10-5-9-26(11-12-27)16-20-8-4-13-31-20/h3-4,6-8,13-14,21H,5,9-12,15-16H2,1-2H3/t21-/m1/s1. The van der Waals surface area contributed by atoms with Crippen LogP contribution in [0.25, 0.3) is 0 Å². The third-order valence-corrected chi connectivity index (χ3v) is 6.52. The molecule has 0 saturated carbocycles. The lowest BCUT2D eigenvalue weighted by atomic mass is 10.0. The Morgan fingerprint density at radius 1 is 1.19 bits per heavy atom. The fraction of sp³-hybridized carbons (Fsp3) is 0.455. The molecule has 9 heteroatoms. The topological polar surface area (TPSA) is 76.4 Å². The molecular weight excluding hydrogens is 412 g/mol. The zero-order valence-electron chi connectivity index (χ0n) is 18.0. The van der Waals surface area contributed by atoms with E-state index in [0.717, 1.165) is 43.9 Å². The normalized spacial score (nSPS) is 16.1. The van der Waals surface area contributed by atoms with Crippen molar-refractivity contribution < 1.29 is 9.53 Å². The first-order valence-electron chi connectivity index (χ1n) is 10.5. The van der Waals surface area contributed by atoms with Gasteiger partial charge >= 0.3 is 0 Å². The van der Waals surface area contributed by atoms with Gasteiger partial charge < -0.3 is 9.64 Å². The minimum atomic E-state index is -0.481. The summed E-state index contributed by atoms with van der Waals surface area (Å²) in [4.78, 5) is 19.4. The second-order valence-electron chi connectivity index (χ2n) is 7.78. The van der Waals surface area contributed by atoms with Gasteiger partial charge in [0.25, 0.3) is 0 Å². The molecule has 1 atom stereocenters. The van der Waals surface area contributed by atoms with Gasteiger partial charge in [-0.1, -0.05) is 18.2 Å². The zero-order chi connectivity index (χ0) is 21.6. The van der Waals surface area contributed by atoms with Crippen molar-refractivity contribution in [3.63, 3.8) is 0 Å². The Hall–Kier alpha value is -2.78. The number of aromatic nitrogens is 4. The highest BCUT2D eigenvalue weighted by Crippen LogP contribution is 2.22. The van der Waals surface area contributed by atoms with E-state index in [1.54, 1.807) is 23.1 Å². The summed E-state index contributed by atoms with van der Waals surface area (Å²) in [5, 5.41) is 14.0. The Labute approximate surface area is 186 Å². The van der Waals surface area contributed by atoms with E-state index in [9.17, 15) is 4.79 Å². The molecule has 0 bridgehead atoms. The minimum Gasteiger partial charge on any atom is -0.497 e. The predicted octanol–water partition coefficient (Wildman–Crippen LogP) is 2.57. The SMILES string of the molecule is COc1cccc(C[C@H](C(=O)N2CCCN(Cc3cccs3)CC2)n2nnnc2C)c1. The smallest absolute Gasteiger partial charge is 0.247 e. The molecule has 0 spiro atoms. The second-order valence-corrected chi connectivity index (χ2v) is 8.81. The van der Waals surface area contributed by atoms with Gasteiger partial charge in [-0.15, -0.1) is 16.4 Å². The number of carbonyl (C=O) groups is 1. The van der Waals surface area contributed by atoms with Gasteiger partial charge in [-0.05, 0) is 52.9 Å². The van der Waals surface area contributed by atoms with Gasteiger partial charge in [0.2, 0.25) is 5.91 Å². The average molecular weight is 441 g/mol. The highest BCUT2D eigenvalue weighted by atomic mass is 32.1. The molecule has 3 aromatic rings. The maximum Gasteiger partial charge on any atom is 0.247 e. The van der Waals surface area contributed by atoms with Gasteiger partial charge in [0.15, 0.2) is 0 Å². The number of aryl methyl sites for hydroxylation is 1. The lowest BCUT2D eigenvalue weighted by Crippen LogP contribution is -2.41. The van der Waals surface area contributed by atoms with Gasteiger partial charge in [0.1, 0.15) is 17.6 Å². The van der Waals surface area contributed by atoms with Crippen LogP contribution in [-0.4, -0.2) is 69.2 Å². The van der Waals surface area contributed by atoms with Gasteiger partial charge in [0, 0.05) is 44.0 Å². The van der Waals surface area contributed by atoms with Crippen LogP contribution in [0.15, 0.2) is 41.8 Å². The molecule has 0 unspecified atom stereocenters. The lowest BCUT2D eigenvalue weighted by molar-refractivity contribution is -0.135. The van der Waals surface area contributed by atoms with E-state index in [2.05, 4.69) is 37.9 Å². The van der Waals surface area contributed by atoms with Crippen molar-refractivity contribution in [1.29, 1.82) is 0 Å². The van der Waals surface area contributed by atoms with Crippen LogP contribution in [0.5, 0.6) is 5.75 Å². The van der Waals surface area contributed by atoms with Crippen molar-refractivity contribution in [1.82, 2.24) is 30.0 Å². The summed E-state index contributed by atoms with van der Waals surface area (Å²) in [6, 6.07) is 11.6. The quantitative estimate of drug-likeness (QED) is 0.562. The number of thiophene rings is 1. The molecule has 164 valence electrons. The molecule has 31 heavy (non-hydrogen) atoms. The number of hydrogen-bond acceptors (Lipinski definition) is 7. The zero-order valence-corrected chi connectivity index (χ0v) is 18.8. The maximum atomic E-state index is 13.6. The number of tetrazole rings is 1. The van der Waals surface area contributed by atoms with Gasteiger partial charge in [-0.25, -0.2) is 4.68 Å². The van der Waals surface area contributed by atoms with Crippen LogP contribution in [0.4, 0.5) is 0 Å². The number of rotatable bonds is 7. The fourth-order valence-electron chi connectivity index (χ4n) is 4.01. The number of nitrogens with zero attached hydrogens (tertiary/aromatic N) is 6. The van der Waals surface area contributed by atoms with Crippen LogP contribution < -0.4 is 4.74 Å². The number of methoxy groups -OCH3 is 1. The van der Waals surface area contributed by atoms with Crippen LogP contribution in [0, 0.1) is 6.92 Å². The molecule has 0 radical (unpaired) electrons. The van der Waals surface area contributed by atoms with Gasteiger partial charge in [-0.2, -0.15) is 0 Å². The summed E-state index contributed by atoms with van der Waals surface area (Å²) in [5.41, 5.74) is 1.02. The van der Waals surface area contributed by atoms with Crippen LogP contribution in [0.1, 0.15) is 28.7 Å². The van der Waals surface area contributed by atoms with E-state index in [4.69, 9.17) is 4.74 Å². The molecule has 1 aromatic carbocycles. The Kier molecular flexibility index (Phi) is 6.93. The molecule has 0 aliphatic carbocycles. The minimum absolute atomic E-state index is 0.0659. The van der Waals surface area contributed by atoms with Crippen molar-refractivity contribution in [3.8, 4) is 5.75 Å². The third-order valence-electron chi connectivity index (χ3n) is 5.66. The maximum absolute atomic E-state index is 13.6. The van der Waals surface area contributed by atoms with Crippen LogP contribution in [-0.2, 0) is 17.8 Å². The van der Waals surface area contributed by atoms with Crippen LogP contribution in [0.3, 0.4) is 0 Å². The first kappa shape index (κ1) is 21.5. The highest BCUT2D eigenvalue weighted by molar-refractivity contribution is 7.09. The highest BCUT2D eigenvalue weighted by Gasteiger charge is 2.30. The predicted molar refractivity (Wildman–Crippen MR) is 119 cm³/mol. The molecule has 1 saturated heterocycles. The molecule has 8 nitrogen and oxygen atoms in total. The molecule has 1 fully saturated rings. The first-order valence-corrected chi connectivity index (χ1v) is 11.4. The molecule has 1 aliphatic rings. The lowest BCUT2D eigenvalue weighted by Gasteiger charge is -2.27. The average Bonchev–Trinajstić information content (AvgIpc) is 3.39. The second kappa shape index (κ2) is 10.0. The molecule has 1 amide bonds. The molecule has 0 N–H and O–H groups in total. The number of benzene rings is 1. The van der Waals surface area contributed by atoms with E-state index in [0.29, 0.717) is 18.8 Å². The van der Waals surface area contributed by atoms with Crippen molar-refractivity contribution in [2.45, 2.75) is 32.4 Å². The van der Waals surface area contributed by atoms with E-state index in [1.165, 1.54) is 4.88 Å². The summed E-state index contributed by atoms with van der Waals surface area (Å²) < 4.78 is 7.00.